The molecule has 0 saturated carbocycles. The molecule has 1 aliphatic heterocycles. The number of nitrogens with one attached hydrogen (secondary N) is 2. The molecule has 2 N–H and O–H groups in total. The summed E-state index contributed by atoms with van der Waals surface area (Å²) < 4.78 is 0. The van der Waals surface area contributed by atoms with Crippen LogP contribution in [-0.4, -0.2) is 11.9 Å². The number of hydrogen-bond acceptors (Lipinski definition) is 2. The lowest BCUT2D eigenvalue weighted by Gasteiger charge is -2.16. The Hall–Kier alpha value is -1.35. The summed E-state index contributed by atoms with van der Waals surface area (Å²) in [5, 5.41) is 6.26. The lowest BCUT2D eigenvalue weighted by atomic mass is 9.99. The molecule has 1 heterocycles. The van der Waals surface area contributed by atoms with Crippen molar-refractivity contribution in [3.63, 3.8) is 0 Å². The van der Waals surface area contributed by atoms with Crippen LogP contribution in [0.15, 0.2) is 12.1 Å². The summed E-state index contributed by atoms with van der Waals surface area (Å²) in [4.78, 5) is 11.9. The van der Waals surface area contributed by atoms with Crippen LogP contribution in [0.3, 0.4) is 0 Å². The van der Waals surface area contributed by atoms with E-state index in [1.807, 2.05) is 19.9 Å². The van der Waals surface area contributed by atoms with Gasteiger partial charge < -0.3 is 5.32 Å². The molecule has 2 rings (SSSR count). The second-order valence-electron chi connectivity index (χ2n) is 4.73. The van der Waals surface area contributed by atoms with Gasteiger partial charge in [0.25, 0.3) is 0 Å². The summed E-state index contributed by atoms with van der Waals surface area (Å²) in [5.74, 6) is 0.0566. The molecule has 1 atom stereocenters. The lowest BCUT2D eigenvalue weighted by Crippen LogP contribution is -2.32. The van der Waals surface area contributed by atoms with Crippen LogP contribution in [0.4, 0.5) is 5.69 Å². The van der Waals surface area contributed by atoms with E-state index in [9.17, 15) is 4.79 Å². The zero-order valence-corrected chi connectivity index (χ0v) is 10.2. The van der Waals surface area contributed by atoms with Crippen molar-refractivity contribution in [1.29, 1.82) is 0 Å². The molecule has 0 aromatic heterocycles. The first-order chi connectivity index (χ1) is 7.50. The Kier molecular flexibility index (Phi) is 2.72. The quantitative estimate of drug-likeness (QED) is 0.799. The summed E-state index contributed by atoms with van der Waals surface area (Å²) in [6.07, 6.45) is 0. The molecule has 1 aliphatic rings. The summed E-state index contributed by atoms with van der Waals surface area (Å²) in [5.41, 5.74) is 4.39. The van der Waals surface area contributed by atoms with E-state index in [1.54, 1.807) is 0 Å². The number of anilines is 1. The monoisotopic (exact) mass is 218 g/mol. The maximum atomic E-state index is 11.9. The maximum Gasteiger partial charge on any atom is 0.246 e. The fourth-order valence-corrected chi connectivity index (χ4v) is 2.19. The van der Waals surface area contributed by atoms with Crippen LogP contribution in [-0.2, 0) is 4.79 Å². The molecular weight excluding hydrogens is 200 g/mol. The maximum absolute atomic E-state index is 11.9. The Balaban J connectivity index is 2.47. The van der Waals surface area contributed by atoms with Crippen LogP contribution >= 0.6 is 0 Å². The van der Waals surface area contributed by atoms with Crippen LogP contribution < -0.4 is 10.6 Å². The Bertz CT molecular complexity index is 438. The van der Waals surface area contributed by atoms with E-state index < -0.39 is 0 Å². The summed E-state index contributed by atoms with van der Waals surface area (Å²) >= 11 is 0. The first kappa shape index (κ1) is 11.1. The number of hydrogen-bond donors (Lipinski definition) is 2. The minimum Gasteiger partial charge on any atom is -0.324 e. The Morgan fingerprint density at radius 2 is 1.88 bits per heavy atom. The molecule has 16 heavy (non-hydrogen) atoms. The Morgan fingerprint density at radius 3 is 2.50 bits per heavy atom. The molecular formula is C13H18N2O. The number of fused-ring (bicyclic) bond motifs is 1. The van der Waals surface area contributed by atoms with E-state index in [1.165, 1.54) is 0 Å². The van der Waals surface area contributed by atoms with Crippen molar-refractivity contribution in [3.8, 4) is 0 Å². The van der Waals surface area contributed by atoms with E-state index in [-0.39, 0.29) is 11.9 Å². The third kappa shape index (κ3) is 1.71. The van der Waals surface area contributed by atoms with Gasteiger partial charge in [-0.2, -0.15) is 0 Å². The average Bonchev–Trinajstić information content (AvgIpc) is 2.51. The molecule has 0 spiro atoms. The van der Waals surface area contributed by atoms with Crippen LogP contribution in [0.25, 0.3) is 0 Å². The van der Waals surface area contributed by atoms with E-state index in [4.69, 9.17) is 0 Å². The number of benzene rings is 1. The average molecular weight is 218 g/mol. The molecule has 3 heteroatoms. The van der Waals surface area contributed by atoms with Crippen molar-refractivity contribution in [1.82, 2.24) is 5.32 Å². The van der Waals surface area contributed by atoms with Gasteiger partial charge in [-0.25, -0.2) is 0 Å². The van der Waals surface area contributed by atoms with Crippen molar-refractivity contribution in [3.05, 3.63) is 28.8 Å². The normalized spacial score (nSPS) is 18.8. The molecule has 3 nitrogen and oxygen atoms in total. The Morgan fingerprint density at radius 1 is 1.25 bits per heavy atom. The number of carbonyl (C=O) groups is 1. The highest BCUT2D eigenvalue weighted by Gasteiger charge is 2.32. The Labute approximate surface area is 96.2 Å². The van der Waals surface area contributed by atoms with Crippen molar-refractivity contribution >= 4 is 11.6 Å². The van der Waals surface area contributed by atoms with Gasteiger partial charge in [0.2, 0.25) is 5.91 Å². The van der Waals surface area contributed by atoms with Gasteiger partial charge in [-0.1, -0.05) is 12.1 Å². The predicted molar refractivity (Wildman–Crippen MR) is 65.6 cm³/mol. The molecule has 0 radical (unpaired) electrons. The van der Waals surface area contributed by atoms with Gasteiger partial charge >= 0.3 is 0 Å². The number of rotatable bonds is 2. The van der Waals surface area contributed by atoms with Crippen LogP contribution in [0.1, 0.15) is 36.6 Å². The molecule has 0 bridgehead atoms. The first-order valence-electron chi connectivity index (χ1n) is 5.67. The largest absolute Gasteiger partial charge is 0.324 e. The highest BCUT2D eigenvalue weighted by molar-refractivity contribution is 6.03. The number of amides is 1. The fraction of sp³-hybridized carbons (Fsp3) is 0.462. The van der Waals surface area contributed by atoms with Gasteiger partial charge in [0.1, 0.15) is 6.04 Å². The standard InChI is InChI=1S/C13H18N2O/c1-7(2)14-12-10-8(3)5-6-9(4)11(10)15-13(12)16/h5-7,12,14H,1-4H3,(H,15,16). The topological polar surface area (TPSA) is 41.1 Å². The molecule has 0 saturated heterocycles. The molecule has 1 amide bonds. The van der Waals surface area contributed by atoms with Gasteiger partial charge in [-0.05, 0) is 38.8 Å². The summed E-state index contributed by atoms with van der Waals surface area (Å²) in [6, 6.07) is 4.21. The predicted octanol–water partition coefficient (Wildman–Crippen LogP) is 2.29. The summed E-state index contributed by atoms with van der Waals surface area (Å²) in [7, 11) is 0. The fourth-order valence-electron chi connectivity index (χ4n) is 2.19. The van der Waals surface area contributed by atoms with Gasteiger partial charge in [-0.15, -0.1) is 0 Å². The van der Waals surface area contributed by atoms with Gasteiger partial charge in [0, 0.05) is 17.3 Å². The minimum absolute atomic E-state index is 0.0566. The molecule has 1 aromatic rings. The lowest BCUT2D eigenvalue weighted by molar-refractivity contribution is -0.117. The van der Waals surface area contributed by atoms with Crippen molar-refractivity contribution in [2.24, 2.45) is 0 Å². The molecule has 0 fully saturated rings. The van der Waals surface area contributed by atoms with E-state index in [0.717, 1.165) is 22.4 Å². The zero-order chi connectivity index (χ0) is 11.9. The summed E-state index contributed by atoms with van der Waals surface area (Å²) in [6.45, 7) is 8.18. The van der Waals surface area contributed by atoms with Crippen molar-refractivity contribution in [2.45, 2.75) is 39.8 Å². The molecule has 1 unspecified atom stereocenters. The second kappa shape index (κ2) is 3.91. The van der Waals surface area contributed by atoms with Gasteiger partial charge in [-0.3, -0.25) is 10.1 Å². The van der Waals surface area contributed by atoms with Crippen molar-refractivity contribution < 1.29 is 4.79 Å². The van der Waals surface area contributed by atoms with Crippen LogP contribution in [0.2, 0.25) is 0 Å². The third-order valence-corrected chi connectivity index (χ3v) is 2.97. The second-order valence-corrected chi connectivity index (χ2v) is 4.73. The smallest absolute Gasteiger partial charge is 0.246 e. The van der Waals surface area contributed by atoms with E-state index >= 15 is 0 Å². The van der Waals surface area contributed by atoms with E-state index in [0.29, 0.717) is 6.04 Å². The van der Waals surface area contributed by atoms with E-state index in [2.05, 4.69) is 30.5 Å². The number of carbonyl (C=O) groups excluding carboxylic acids is 1. The van der Waals surface area contributed by atoms with Gasteiger partial charge in [0.05, 0.1) is 0 Å². The number of aryl methyl sites for hydroxylation is 2. The highest BCUT2D eigenvalue weighted by Crippen LogP contribution is 2.36. The molecule has 1 aromatic carbocycles. The van der Waals surface area contributed by atoms with Gasteiger partial charge in [0.15, 0.2) is 0 Å². The SMILES string of the molecule is Cc1ccc(C)c2c1NC(=O)C2NC(C)C. The zero-order valence-electron chi connectivity index (χ0n) is 10.2. The minimum atomic E-state index is -0.199. The third-order valence-electron chi connectivity index (χ3n) is 2.97. The van der Waals surface area contributed by atoms with Crippen molar-refractivity contribution in [2.75, 3.05) is 5.32 Å². The molecule has 86 valence electrons. The first-order valence-corrected chi connectivity index (χ1v) is 5.67. The van der Waals surface area contributed by atoms with Crippen LogP contribution in [0.5, 0.6) is 0 Å². The molecule has 0 aliphatic carbocycles. The van der Waals surface area contributed by atoms with Crippen LogP contribution in [0, 0.1) is 13.8 Å². The highest BCUT2D eigenvalue weighted by atomic mass is 16.2.